The van der Waals surface area contributed by atoms with Crippen molar-refractivity contribution in [3.8, 4) is 0 Å². The second-order valence-electron chi connectivity index (χ2n) is 3.54. The molecule has 0 bridgehead atoms. The zero-order valence-electron chi connectivity index (χ0n) is 7.84. The van der Waals surface area contributed by atoms with Gasteiger partial charge in [0, 0.05) is 12.6 Å². The van der Waals surface area contributed by atoms with Crippen LogP contribution in [0.15, 0.2) is 0 Å². The lowest BCUT2D eigenvalue weighted by molar-refractivity contribution is -0.170. The van der Waals surface area contributed by atoms with E-state index < -0.39 is 18.1 Å². The van der Waals surface area contributed by atoms with Crippen molar-refractivity contribution in [2.24, 2.45) is 5.73 Å². The van der Waals surface area contributed by atoms with E-state index in [9.17, 15) is 18.0 Å². The van der Waals surface area contributed by atoms with Crippen molar-refractivity contribution >= 4 is 5.91 Å². The fraction of sp³-hybridized carbons (Fsp3) is 0.875. The highest BCUT2D eigenvalue weighted by Gasteiger charge is 2.45. The van der Waals surface area contributed by atoms with Crippen LogP contribution >= 0.6 is 0 Å². The van der Waals surface area contributed by atoms with Gasteiger partial charge < -0.3 is 10.6 Å². The third-order valence-electron chi connectivity index (χ3n) is 2.45. The molecular weight excluding hydrogens is 197 g/mol. The van der Waals surface area contributed by atoms with Crippen LogP contribution in [-0.4, -0.2) is 35.6 Å². The van der Waals surface area contributed by atoms with Crippen molar-refractivity contribution in [1.29, 1.82) is 0 Å². The SMILES string of the molecule is CC1CCCN1C(=O)C(N)C(F)(F)F. The molecule has 2 atom stereocenters. The number of carbonyl (C=O) groups excluding carboxylic acids is 1. The Hall–Kier alpha value is -0.780. The lowest BCUT2D eigenvalue weighted by Crippen LogP contribution is -2.52. The molecule has 2 unspecified atom stereocenters. The summed E-state index contributed by atoms with van der Waals surface area (Å²) in [6.45, 7) is 2.11. The Morgan fingerprint density at radius 2 is 2.14 bits per heavy atom. The molecule has 1 fully saturated rings. The van der Waals surface area contributed by atoms with Crippen LogP contribution in [0, 0.1) is 0 Å². The molecule has 0 aliphatic carbocycles. The fourth-order valence-corrected chi connectivity index (χ4v) is 1.58. The Bertz CT molecular complexity index is 225. The quantitative estimate of drug-likeness (QED) is 0.698. The van der Waals surface area contributed by atoms with Crippen LogP contribution in [0.1, 0.15) is 19.8 Å². The molecule has 2 N–H and O–H groups in total. The summed E-state index contributed by atoms with van der Waals surface area (Å²) < 4.78 is 36.3. The number of rotatable bonds is 1. The van der Waals surface area contributed by atoms with Gasteiger partial charge in [0.1, 0.15) is 0 Å². The fourth-order valence-electron chi connectivity index (χ4n) is 1.58. The average molecular weight is 210 g/mol. The highest BCUT2D eigenvalue weighted by molar-refractivity contribution is 5.83. The van der Waals surface area contributed by atoms with Crippen LogP contribution in [0.5, 0.6) is 0 Å². The van der Waals surface area contributed by atoms with Gasteiger partial charge in [0.2, 0.25) is 5.91 Å². The van der Waals surface area contributed by atoms with Gasteiger partial charge in [-0.05, 0) is 19.8 Å². The maximum absolute atomic E-state index is 12.1. The van der Waals surface area contributed by atoms with Crippen molar-refractivity contribution in [1.82, 2.24) is 4.90 Å². The Morgan fingerprint density at radius 1 is 1.57 bits per heavy atom. The smallest absolute Gasteiger partial charge is 0.338 e. The van der Waals surface area contributed by atoms with Gasteiger partial charge in [-0.3, -0.25) is 4.79 Å². The van der Waals surface area contributed by atoms with Crippen molar-refractivity contribution in [2.45, 2.75) is 38.0 Å². The third kappa shape index (κ3) is 2.17. The summed E-state index contributed by atoms with van der Waals surface area (Å²) in [6.07, 6.45) is -3.15. The first-order valence-corrected chi connectivity index (χ1v) is 4.47. The maximum Gasteiger partial charge on any atom is 0.412 e. The number of halogens is 3. The molecule has 1 saturated heterocycles. The van der Waals surface area contributed by atoms with E-state index in [2.05, 4.69) is 0 Å². The number of nitrogens with two attached hydrogens (primary N) is 1. The van der Waals surface area contributed by atoms with E-state index in [-0.39, 0.29) is 6.04 Å². The number of hydrogen-bond donors (Lipinski definition) is 1. The highest BCUT2D eigenvalue weighted by Crippen LogP contribution is 2.24. The molecule has 1 aliphatic heterocycles. The molecule has 0 aromatic carbocycles. The number of carbonyl (C=O) groups is 1. The lowest BCUT2D eigenvalue weighted by Gasteiger charge is -2.25. The molecule has 1 amide bonds. The van der Waals surface area contributed by atoms with Crippen LogP contribution in [0.3, 0.4) is 0 Å². The van der Waals surface area contributed by atoms with Crippen LogP contribution in [0.25, 0.3) is 0 Å². The summed E-state index contributed by atoms with van der Waals surface area (Å²) in [5.41, 5.74) is 4.82. The number of likely N-dealkylation sites (tertiary alicyclic amines) is 1. The van der Waals surface area contributed by atoms with Crippen molar-refractivity contribution in [2.75, 3.05) is 6.54 Å². The van der Waals surface area contributed by atoms with Gasteiger partial charge in [-0.15, -0.1) is 0 Å². The van der Waals surface area contributed by atoms with Gasteiger partial charge in [0.15, 0.2) is 6.04 Å². The van der Waals surface area contributed by atoms with Crippen LogP contribution in [0.2, 0.25) is 0 Å². The van der Waals surface area contributed by atoms with E-state index in [0.717, 1.165) is 12.8 Å². The van der Waals surface area contributed by atoms with Gasteiger partial charge in [0.25, 0.3) is 0 Å². The Kier molecular flexibility index (Phi) is 3.04. The van der Waals surface area contributed by atoms with E-state index in [1.165, 1.54) is 4.90 Å². The molecule has 1 rings (SSSR count). The van der Waals surface area contributed by atoms with E-state index in [1.807, 2.05) is 0 Å². The zero-order valence-corrected chi connectivity index (χ0v) is 7.84. The molecule has 0 aromatic rings. The Balaban J connectivity index is 2.65. The Labute approximate surface area is 80.0 Å². The molecule has 0 saturated carbocycles. The van der Waals surface area contributed by atoms with E-state index in [0.29, 0.717) is 6.54 Å². The molecule has 1 aliphatic rings. The van der Waals surface area contributed by atoms with Crippen molar-refractivity contribution in [3.63, 3.8) is 0 Å². The van der Waals surface area contributed by atoms with Crippen LogP contribution in [0.4, 0.5) is 13.2 Å². The summed E-state index contributed by atoms with van der Waals surface area (Å²) >= 11 is 0. The average Bonchev–Trinajstić information content (AvgIpc) is 2.47. The van der Waals surface area contributed by atoms with E-state index in [4.69, 9.17) is 5.73 Å². The van der Waals surface area contributed by atoms with Gasteiger partial charge in [-0.1, -0.05) is 0 Å². The molecule has 1 heterocycles. The highest BCUT2D eigenvalue weighted by atomic mass is 19.4. The third-order valence-corrected chi connectivity index (χ3v) is 2.45. The largest absolute Gasteiger partial charge is 0.412 e. The molecule has 0 aromatic heterocycles. The molecule has 14 heavy (non-hydrogen) atoms. The minimum Gasteiger partial charge on any atom is -0.338 e. The minimum absolute atomic E-state index is 0.129. The summed E-state index contributed by atoms with van der Waals surface area (Å²) in [7, 11) is 0. The van der Waals surface area contributed by atoms with E-state index in [1.54, 1.807) is 6.92 Å². The summed E-state index contributed by atoms with van der Waals surface area (Å²) in [4.78, 5) is 12.5. The number of alkyl halides is 3. The van der Waals surface area contributed by atoms with Crippen LogP contribution in [-0.2, 0) is 4.79 Å². The first-order chi connectivity index (χ1) is 6.34. The molecule has 0 radical (unpaired) electrons. The molecule has 82 valence electrons. The number of amides is 1. The van der Waals surface area contributed by atoms with Gasteiger partial charge in [-0.2, -0.15) is 13.2 Å². The second-order valence-corrected chi connectivity index (χ2v) is 3.54. The van der Waals surface area contributed by atoms with Crippen molar-refractivity contribution < 1.29 is 18.0 Å². The topological polar surface area (TPSA) is 46.3 Å². The number of hydrogen-bond acceptors (Lipinski definition) is 2. The zero-order chi connectivity index (χ0) is 10.9. The standard InChI is InChI=1S/C8H13F3N2O/c1-5-3-2-4-13(5)7(14)6(12)8(9,10)11/h5-6H,2-4,12H2,1H3. The predicted molar refractivity (Wildman–Crippen MR) is 44.4 cm³/mol. The molecular formula is C8H13F3N2O. The van der Waals surface area contributed by atoms with Crippen molar-refractivity contribution in [3.05, 3.63) is 0 Å². The monoisotopic (exact) mass is 210 g/mol. The van der Waals surface area contributed by atoms with E-state index >= 15 is 0 Å². The maximum atomic E-state index is 12.1. The molecule has 3 nitrogen and oxygen atoms in total. The Morgan fingerprint density at radius 3 is 2.50 bits per heavy atom. The molecule has 6 heteroatoms. The van der Waals surface area contributed by atoms with Gasteiger partial charge in [0.05, 0.1) is 0 Å². The van der Waals surface area contributed by atoms with Crippen LogP contribution < -0.4 is 5.73 Å². The number of nitrogens with zero attached hydrogens (tertiary/aromatic N) is 1. The first kappa shape index (κ1) is 11.3. The van der Waals surface area contributed by atoms with Gasteiger partial charge >= 0.3 is 6.18 Å². The lowest BCUT2D eigenvalue weighted by atomic mass is 10.2. The molecule has 0 spiro atoms. The normalized spacial score (nSPS) is 25.2. The van der Waals surface area contributed by atoms with Gasteiger partial charge in [-0.25, -0.2) is 0 Å². The minimum atomic E-state index is -4.64. The second kappa shape index (κ2) is 3.76. The summed E-state index contributed by atoms with van der Waals surface area (Å²) in [5, 5.41) is 0. The summed E-state index contributed by atoms with van der Waals surface area (Å²) in [6, 6.07) is -2.50. The predicted octanol–water partition coefficient (Wildman–Crippen LogP) is 0.887. The first-order valence-electron chi connectivity index (χ1n) is 4.47. The summed E-state index contributed by atoms with van der Waals surface area (Å²) in [5.74, 6) is -1.01.